The van der Waals surface area contributed by atoms with Crippen LogP contribution in [0.3, 0.4) is 0 Å². The maximum atomic E-state index is 3.98. The highest BCUT2D eigenvalue weighted by Crippen LogP contribution is 2.47. The molecule has 59 heavy (non-hydrogen) atoms. The molecule has 0 saturated carbocycles. The highest BCUT2D eigenvalue weighted by atomic mass is 15.2. The van der Waals surface area contributed by atoms with Crippen molar-refractivity contribution in [3.63, 3.8) is 0 Å². The molecular formula is C55H40N4. The normalized spacial score (nSPS) is 14.9. The van der Waals surface area contributed by atoms with Gasteiger partial charge in [-0.25, -0.2) is 0 Å². The van der Waals surface area contributed by atoms with Crippen LogP contribution < -0.4 is 10.2 Å². The zero-order chi connectivity index (χ0) is 38.9. The van der Waals surface area contributed by atoms with Gasteiger partial charge in [-0.05, 0) is 84.7 Å². The predicted molar refractivity (Wildman–Crippen MR) is 249 cm³/mol. The maximum Gasteiger partial charge on any atom is 0.0561 e. The number of nitrogens with one attached hydrogen (secondary N) is 1. The lowest BCUT2D eigenvalue weighted by atomic mass is 9.93. The van der Waals surface area contributed by atoms with E-state index in [1.807, 2.05) is 0 Å². The largest absolute Gasteiger partial charge is 0.355 e. The summed E-state index contributed by atoms with van der Waals surface area (Å²) in [5.41, 5.74) is 17.8. The lowest BCUT2D eigenvalue weighted by Gasteiger charge is -2.35. The van der Waals surface area contributed by atoms with Gasteiger partial charge in [0.15, 0.2) is 0 Å². The van der Waals surface area contributed by atoms with Gasteiger partial charge in [0.2, 0.25) is 0 Å². The summed E-state index contributed by atoms with van der Waals surface area (Å²) in [5.74, 6) is 0. The van der Waals surface area contributed by atoms with E-state index in [9.17, 15) is 0 Å². The molecule has 4 heteroatoms. The Morgan fingerprint density at radius 2 is 1.07 bits per heavy atom. The maximum absolute atomic E-state index is 3.98. The molecule has 1 aliphatic heterocycles. The van der Waals surface area contributed by atoms with E-state index >= 15 is 0 Å². The molecule has 2 aromatic heterocycles. The molecule has 9 aromatic rings. The van der Waals surface area contributed by atoms with E-state index in [0.717, 1.165) is 53.2 Å². The minimum absolute atomic E-state index is 0.862. The van der Waals surface area contributed by atoms with E-state index in [0.29, 0.717) is 0 Å². The first-order chi connectivity index (χ1) is 29.3. The van der Waals surface area contributed by atoms with Gasteiger partial charge in [-0.2, -0.15) is 0 Å². The monoisotopic (exact) mass is 756 g/mol. The first-order valence-electron chi connectivity index (χ1n) is 20.6. The van der Waals surface area contributed by atoms with E-state index in [-0.39, 0.29) is 0 Å². The quantitative estimate of drug-likeness (QED) is 0.183. The van der Waals surface area contributed by atoms with E-state index < -0.39 is 0 Å². The fraction of sp³-hybridized carbons (Fsp3) is 0.0545. The topological polar surface area (TPSA) is 25.1 Å². The zero-order valence-electron chi connectivity index (χ0n) is 32.5. The van der Waals surface area contributed by atoms with Crippen molar-refractivity contribution in [2.24, 2.45) is 0 Å². The fourth-order valence-electron chi connectivity index (χ4n) is 9.73. The third-order valence-corrected chi connectivity index (χ3v) is 12.3. The molecule has 0 spiro atoms. The summed E-state index contributed by atoms with van der Waals surface area (Å²) < 4.78 is 4.90. The third-order valence-electron chi connectivity index (χ3n) is 12.3. The number of para-hydroxylation sites is 4. The molecule has 0 radical (unpaired) electrons. The van der Waals surface area contributed by atoms with Crippen LogP contribution in [-0.2, 0) is 0 Å². The van der Waals surface area contributed by atoms with Gasteiger partial charge in [0, 0.05) is 67.6 Å². The van der Waals surface area contributed by atoms with Gasteiger partial charge in [0.05, 0.1) is 33.4 Å². The molecule has 4 nitrogen and oxygen atoms in total. The number of benzene rings is 7. The standard InChI is InChI=1S/C55H40N4/c1-2-16-37(17-3-1)44-20-6-11-25-50(44)56-39-33-42(57-40-19-5-4-18-38(32-40)45-21-7-12-26-51(45)57)35-43(34-39)59-54-29-15-10-24-48(54)49-31-30-41(36-55(49)59)58-52-27-13-8-22-46(52)47-23-9-14-28-53(47)58/h1-5,7-10,12-31,33-36,56H,6,11,32H2. The summed E-state index contributed by atoms with van der Waals surface area (Å²) in [4.78, 5) is 2.47. The van der Waals surface area contributed by atoms with Crippen molar-refractivity contribution < 1.29 is 0 Å². The van der Waals surface area contributed by atoms with Crippen molar-refractivity contribution in [1.82, 2.24) is 9.13 Å². The SMILES string of the molecule is C1=CC=C2CC(=C1)c1ccccc1N2c1cc(NC2=CCCC=C2c2ccccc2)cc(-n2c3ccccc3c3ccc(-n4c5ccccc5c5ccccc54)cc32)c1. The average molecular weight is 757 g/mol. The molecule has 1 N–H and O–H groups in total. The molecule has 3 heterocycles. The summed E-state index contributed by atoms with van der Waals surface area (Å²) in [6.07, 6.45) is 16.5. The Labute approximate surface area is 343 Å². The average Bonchev–Trinajstić information content (AvgIpc) is 3.71. The van der Waals surface area contributed by atoms with Crippen molar-refractivity contribution in [3.8, 4) is 11.4 Å². The lowest BCUT2D eigenvalue weighted by molar-refractivity contribution is 1.02. The van der Waals surface area contributed by atoms with Crippen LogP contribution in [-0.4, -0.2) is 9.13 Å². The van der Waals surface area contributed by atoms with Gasteiger partial charge < -0.3 is 19.4 Å². The second-order valence-electron chi connectivity index (χ2n) is 15.7. The smallest absolute Gasteiger partial charge is 0.0561 e. The van der Waals surface area contributed by atoms with Gasteiger partial charge in [0.25, 0.3) is 0 Å². The van der Waals surface area contributed by atoms with Crippen LogP contribution in [0.5, 0.6) is 0 Å². The lowest BCUT2D eigenvalue weighted by Crippen LogP contribution is -2.22. The van der Waals surface area contributed by atoms with Crippen LogP contribution in [0.4, 0.5) is 17.1 Å². The number of anilines is 3. The van der Waals surface area contributed by atoms with Crippen molar-refractivity contribution in [2.45, 2.75) is 19.3 Å². The second kappa shape index (κ2) is 13.5. The van der Waals surface area contributed by atoms with Crippen LogP contribution in [0.2, 0.25) is 0 Å². The molecular weight excluding hydrogens is 717 g/mol. The number of rotatable bonds is 6. The first-order valence-corrected chi connectivity index (χ1v) is 20.6. The zero-order valence-corrected chi connectivity index (χ0v) is 32.5. The first kappa shape index (κ1) is 33.6. The van der Waals surface area contributed by atoms with Gasteiger partial charge in [-0.15, -0.1) is 0 Å². The van der Waals surface area contributed by atoms with Gasteiger partial charge in [-0.1, -0.05) is 140 Å². The molecule has 0 saturated heterocycles. The number of fused-ring (bicyclic) bond motifs is 10. The fourth-order valence-corrected chi connectivity index (χ4v) is 9.73. The Morgan fingerprint density at radius 1 is 0.458 bits per heavy atom. The van der Waals surface area contributed by atoms with Crippen LogP contribution in [0.1, 0.15) is 30.4 Å². The molecule has 3 aliphatic rings. The van der Waals surface area contributed by atoms with Crippen LogP contribution in [0.25, 0.3) is 66.1 Å². The Morgan fingerprint density at radius 3 is 1.83 bits per heavy atom. The molecule has 2 aliphatic carbocycles. The number of nitrogens with zero attached hydrogens (tertiary/aromatic N) is 3. The molecule has 12 rings (SSSR count). The summed E-state index contributed by atoms with van der Waals surface area (Å²) in [6.45, 7) is 0. The van der Waals surface area contributed by atoms with E-state index in [1.165, 1.54) is 71.8 Å². The van der Waals surface area contributed by atoms with Crippen LogP contribution >= 0.6 is 0 Å². The van der Waals surface area contributed by atoms with Gasteiger partial charge in [-0.3, -0.25) is 0 Å². The summed E-state index contributed by atoms with van der Waals surface area (Å²) >= 11 is 0. The summed E-state index contributed by atoms with van der Waals surface area (Å²) in [5, 5.41) is 8.95. The van der Waals surface area contributed by atoms with E-state index in [4.69, 9.17) is 0 Å². The number of aromatic nitrogens is 2. The van der Waals surface area contributed by atoms with Gasteiger partial charge in [0.1, 0.15) is 0 Å². The molecule has 0 unspecified atom stereocenters. The number of allylic oxidation sites excluding steroid dienone is 8. The highest BCUT2D eigenvalue weighted by molar-refractivity contribution is 6.12. The van der Waals surface area contributed by atoms with E-state index in [2.05, 4.69) is 220 Å². The molecule has 2 bridgehead atoms. The van der Waals surface area contributed by atoms with Crippen molar-refractivity contribution >= 4 is 71.8 Å². The van der Waals surface area contributed by atoms with E-state index in [1.54, 1.807) is 0 Å². The third kappa shape index (κ3) is 5.44. The molecule has 0 atom stereocenters. The van der Waals surface area contributed by atoms with Crippen LogP contribution in [0.15, 0.2) is 212 Å². The van der Waals surface area contributed by atoms with Crippen LogP contribution in [0, 0.1) is 0 Å². The van der Waals surface area contributed by atoms with Gasteiger partial charge >= 0.3 is 0 Å². The highest BCUT2D eigenvalue weighted by Gasteiger charge is 2.27. The summed E-state index contributed by atoms with van der Waals surface area (Å²) in [7, 11) is 0. The molecule has 0 fully saturated rings. The Bertz CT molecular complexity index is 3280. The van der Waals surface area contributed by atoms with Crippen molar-refractivity contribution in [3.05, 3.63) is 223 Å². The van der Waals surface area contributed by atoms with Crippen molar-refractivity contribution in [2.75, 3.05) is 10.2 Å². The summed E-state index contributed by atoms with van der Waals surface area (Å²) in [6, 6.07) is 60.0. The predicted octanol–water partition coefficient (Wildman–Crippen LogP) is 14.4. The second-order valence-corrected chi connectivity index (χ2v) is 15.7. The number of hydrogen-bond acceptors (Lipinski definition) is 2. The minimum Gasteiger partial charge on any atom is -0.355 e. The molecule has 280 valence electrons. The Hall–Kier alpha value is -7.56. The molecule has 7 aromatic carbocycles. The number of hydrogen-bond donors (Lipinski definition) is 1. The molecule has 0 amide bonds. The minimum atomic E-state index is 0.862. The Balaban J connectivity index is 1.10. The van der Waals surface area contributed by atoms with Crippen molar-refractivity contribution in [1.29, 1.82) is 0 Å². The Kier molecular flexibility index (Phi) is 7.70.